The van der Waals surface area contributed by atoms with Crippen molar-refractivity contribution in [2.75, 3.05) is 69.7 Å². The van der Waals surface area contributed by atoms with Crippen molar-refractivity contribution in [2.45, 2.75) is 13.0 Å². The van der Waals surface area contributed by atoms with Crippen LogP contribution in [-0.4, -0.2) is 87.4 Å². The molecular formula is C26H33N5O5. The number of rotatable bonds is 5. The second kappa shape index (κ2) is 12.3. The maximum atomic E-state index is 13.1. The van der Waals surface area contributed by atoms with Gasteiger partial charge in [0.25, 0.3) is 5.91 Å². The summed E-state index contributed by atoms with van der Waals surface area (Å²) in [5.74, 6) is -0.0727. The topological polar surface area (TPSA) is 103 Å². The number of ether oxygens (including phenoxy) is 2. The zero-order valence-corrected chi connectivity index (χ0v) is 20.6. The lowest BCUT2D eigenvalue weighted by Gasteiger charge is -2.29. The zero-order chi connectivity index (χ0) is 25.3. The molecule has 36 heavy (non-hydrogen) atoms. The van der Waals surface area contributed by atoms with Gasteiger partial charge in [-0.2, -0.15) is 0 Å². The highest BCUT2D eigenvalue weighted by atomic mass is 16.5. The number of carbonyl (C=O) groups excluding carboxylic acids is 3. The maximum Gasteiger partial charge on any atom is 0.412 e. The second-order valence-electron chi connectivity index (χ2n) is 8.76. The standard InChI is InChI=1S/C26H33N5O5/c1-35-26(34)31-13-5-12-29(16-17-31)23-9-8-21(24(32)30-14-10-27-11-15-30)18-22(23)28-25(33)36-19-20-6-3-2-4-7-20/h2-4,6-9,18,27H,5,10-17,19H2,1H3,(H,28,33). The van der Waals surface area contributed by atoms with E-state index in [0.29, 0.717) is 50.5 Å². The van der Waals surface area contributed by atoms with Gasteiger partial charge in [-0.3, -0.25) is 10.1 Å². The van der Waals surface area contributed by atoms with Gasteiger partial charge in [0.15, 0.2) is 0 Å². The Hall–Kier alpha value is -3.79. The first-order chi connectivity index (χ1) is 17.5. The number of amides is 3. The summed E-state index contributed by atoms with van der Waals surface area (Å²) in [6.07, 6.45) is -0.205. The van der Waals surface area contributed by atoms with Gasteiger partial charge in [0.05, 0.1) is 18.5 Å². The third-order valence-electron chi connectivity index (χ3n) is 6.37. The Morgan fingerprint density at radius 1 is 0.917 bits per heavy atom. The van der Waals surface area contributed by atoms with Crippen LogP contribution >= 0.6 is 0 Å². The largest absolute Gasteiger partial charge is 0.453 e. The normalized spacial score (nSPS) is 16.2. The molecule has 2 aromatic rings. The summed E-state index contributed by atoms with van der Waals surface area (Å²) < 4.78 is 10.3. The summed E-state index contributed by atoms with van der Waals surface area (Å²) in [7, 11) is 1.38. The fraction of sp³-hybridized carbons (Fsp3) is 0.423. The fourth-order valence-corrected chi connectivity index (χ4v) is 4.43. The van der Waals surface area contributed by atoms with Gasteiger partial charge >= 0.3 is 12.2 Å². The van der Waals surface area contributed by atoms with E-state index in [1.807, 2.05) is 41.3 Å². The van der Waals surface area contributed by atoms with Crippen LogP contribution in [0.15, 0.2) is 48.5 Å². The highest BCUT2D eigenvalue weighted by molar-refractivity contribution is 5.98. The van der Waals surface area contributed by atoms with Crippen LogP contribution in [0.2, 0.25) is 0 Å². The minimum absolute atomic E-state index is 0.0727. The average Bonchev–Trinajstić information content (AvgIpc) is 3.18. The Morgan fingerprint density at radius 3 is 2.44 bits per heavy atom. The molecule has 0 spiro atoms. The third kappa shape index (κ3) is 6.45. The van der Waals surface area contributed by atoms with Gasteiger partial charge in [-0.25, -0.2) is 9.59 Å². The zero-order valence-electron chi connectivity index (χ0n) is 20.6. The first-order valence-corrected chi connectivity index (χ1v) is 12.2. The lowest BCUT2D eigenvalue weighted by molar-refractivity contribution is 0.0735. The second-order valence-corrected chi connectivity index (χ2v) is 8.76. The third-order valence-corrected chi connectivity index (χ3v) is 6.37. The molecule has 2 saturated heterocycles. The van der Waals surface area contributed by atoms with Crippen LogP contribution in [0, 0.1) is 0 Å². The van der Waals surface area contributed by atoms with Crippen molar-refractivity contribution >= 4 is 29.5 Å². The summed E-state index contributed by atoms with van der Waals surface area (Å²) in [5, 5.41) is 6.10. The Balaban J connectivity index is 1.53. The fourth-order valence-electron chi connectivity index (χ4n) is 4.43. The lowest BCUT2D eigenvalue weighted by atomic mass is 10.1. The van der Waals surface area contributed by atoms with E-state index in [2.05, 4.69) is 15.5 Å². The maximum absolute atomic E-state index is 13.1. The van der Waals surface area contributed by atoms with E-state index >= 15 is 0 Å². The molecule has 0 atom stereocenters. The molecule has 2 aliphatic rings. The molecule has 0 unspecified atom stereocenters. The van der Waals surface area contributed by atoms with E-state index < -0.39 is 6.09 Å². The summed E-state index contributed by atoms with van der Waals surface area (Å²) >= 11 is 0. The van der Waals surface area contributed by atoms with E-state index in [0.717, 1.165) is 30.8 Å². The van der Waals surface area contributed by atoms with E-state index in [1.54, 1.807) is 17.0 Å². The number of nitrogens with one attached hydrogen (secondary N) is 2. The number of methoxy groups -OCH3 is 1. The molecule has 2 fully saturated rings. The average molecular weight is 496 g/mol. The molecule has 0 radical (unpaired) electrons. The van der Waals surface area contributed by atoms with Crippen molar-refractivity contribution in [3.05, 3.63) is 59.7 Å². The summed E-state index contributed by atoms with van der Waals surface area (Å²) in [6, 6.07) is 14.8. The highest BCUT2D eigenvalue weighted by Gasteiger charge is 2.24. The number of anilines is 2. The van der Waals surface area contributed by atoms with Gasteiger partial charge < -0.3 is 29.5 Å². The van der Waals surface area contributed by atoms with Gasteiger partial charge in [0.2, 0.25) is 0 Å². The monoisotopic (exact) mass is 495 g/mol. The lowest BCUT2D eigenvalue weighted by Crippen LogP contribution is -2.46. The van der Waals surface area contributed by atoms with Gasteiger partial charge in [-0.1, -0.05) is 30.3 Å². The molecule has 0 aromatic heterocycles. The van der Waals surface area contributed by atoms with Crippen molar-refractivity contribution in [1.82, 2.24) is 15.1 Å². The van der Waals surface area contributed by atoms with E-state index in [9.17, 15) is 14.4 Å². The number of nitrogens with zero attached hydrogens (tertiary/aromatic N) is 3. The summed E-state index contributed by atoms with van der Waals surface area (Å²) in [4.78, 5) is 43.4. The van der Waals surface area contributed by atoms with Crippen LogP contribution in [0.3, 0.4) is 0 Å². The quantitative estimate of drug-likeness (QED) is 0.658. The predicted octanol–water partition coefficient (Wildman–Crippen LogP) is 2.76. The number of hydrogen-bond donors (Lipinski definition) is 2. The van der Waals surface area contributed by atoms with Crippen molar-refractivity contribution in [2.24, 2.45) is 0 Å². The first kappa shape index (κ1) is 25.3. The van der Waals surface area contributed by atoms with Crippen LogP contribution in [0.4, 0.5) is 21.0 Å². The van der Waals surface area contributed by atoms with Crippen LogP contribution in [0.5, 0.6) is 0 Å². The summed E-state index contributed by atoms with van der Waals surface area (Å²) in [6.45, 7) is 5.25. The Bertz CT molecular complexity index is 1060. The van der Waals surface area contributed by atoms with E-state index in [4.69, 9.17) is 9.47 Å². The predicted molar refractivity (Wildman–Crippen MR) is 136 cm³/mol. The number of carbonyl (C=O) groups is 3. The van der Waals surface area contributed by atoms with E-state index in [-0.39, 0.29) is 18.6 Å². The molecule has 3 amide bonds. The molecule has 2 N–H and O–H groups in total. The van der Waals surface area contributed by atoms with Crippen molar-refractivity contribution in [3.63, 3.8) is 0 Å². The molecule has 2 aliphatic heterocycles. The molecule has 0 saturated carbocycles. The molecule has 10 heteroatoms. The highest BCUT2D eigenvalue weighted by Crippen LogP contribution is 2.29. The Labute approximate surface area is 211 Å². The molecule has 192 valence electrons. The molecule has 10 nitrogen and oxygen atoms in total. The number of piperazine rings is 1. The van der Waals surface area contributed by atoms with Gasteiger partial charge in [-0.15, -0.1) is 0 Å². The number of benzene rings is 2. The molecule has 4 rings (SSSR count). The Kier molecular flexibility index (Phi) is 8.62. The summed E-state index contributed by atoms with van der Waals surface area (Å²) in [5.41, 5.74) is 2.66. The van der Waals surface area contributed by atoms with Gasteiger partial charge in [0, 0.05) is 57.9 Å². The van der Waals surface area contributed by atoms with Crippen LogP contribution in [0.1, 0.15) is 22.3 Å². The van der Waals surface area contributed by atoms with Crippen molar-refractivity contribution in [1.29, 1.82) is 0 Å². The smallest absolute Gasteiger partial charge is 0.412 e. The van der Waals surface area contributed by atoms with Crippen LogP contribution in [-0.2, 0) is 16.1 Å². The molecule has 0 bridgehead atoms. The van der Waals surface area contributed by atoms with Gasteiger partial charge in [0.1, 0.15) is 6.61 Å². The van der Waals surface area contributed by atoms with Crippen molar-refractivity contribution in [3.8, 4) is 0 Å². The molecular weight excluding hydrogens is 462 g/mol. The molecule has 0 aliphatic carbocycles. The molecule has 2 aromatic carbocycles. The Morgan fingerprint density at radius 2 is 1.69 bits per heavy atom. The van der Waals surface area contributed by atoms with Crippen molar-refractivity contribution < 1.29 is 23.9 Å². The number of hydrogen-bond acceptors (Lipinski definition) is 7. The van der Waals surface area contributed by atoms with Crippen LogP contribution in [0.25, 0.3) is 0 Å². The first-order valence-electron chi connectivity index (χ1n) is 12.2. The SMILES string of the molecule is COC(=O)N1CCCN(c2ccc(C(=O)N3CCNCC3)cc2NC(=O)OCc2ccccc2)CC1. The van der Waals surface area contributed by atoms with E-state index in [1.165, 1.54) is 7.11 Å². The minimum Gasteiger partial charge on any atom is -0.453 e. The van der Waals surface area contributed by atoms with Gasteiger partial charge in [-0.05, 0) is 30.2 Å². The molecule has 2 heterocycles. The van der Waals surface area contributed by atoms with Crippen LogP contribution < -0.4 is 15.5 Å². The minimum atomic E-state index is -0.599.